The molecule has 1 aromatic rings. The lowest BCUT2D eigenvalue weighted by Gasteiger charge is -2.05. The number of carbonyl (C=O) groups excluding carboxylic acids is 1. The zero-order valence-electron chi connectivity index (χ0n) is 8.26. The van der Waals surface area contributed by atoms with E-state index in [0.29, 0.717) is 11.8 Å². The van der Waals surface area contributed by atoms with E-state index in [-0.39, 0.29) is 5.78 Å². The van der Waals surface area contributed by atoms with Gasteiger partial charge in [-0.15, -0.1) is 0 Å². The predicted octanol–water partition coefficient (Wildman–Crippen LogP) is 2.47. The van der Waals surface area contributed by atoms with Crippen molar-refractivity contribution in [2.45, 2.75) is 6.42 Å². The summed E-state index contributed by atoms with van der Waals surface area (Å²) in [6.07, 6.45) is 4.95. The van der Waals surface area contributed by atoms with E-state index in [1.54, 1.807) is 6.20 Å². The summed E-state index contributed by atoms with van der Waals surface area (Å²) in [5.41, 5.74) is 1.49. The maximum Gasteiger partial charge on any atom is 0.207 e. The van der Waals surface area contributed by atoms with E-state index in [1.807, 2.05) is 30.3 Å². The maximum atomic E-state index is 12.1. The highest BCUT2D eigenvalue weighted by molar-refractivity contribution is 6.47. The first-order chi connectivity index (χ1) is 7.36. The van der Waals surface area contributed by atoms with E-state index in [2.05, 4.69) is 11.1 Å². The van der Waals surface area contributed by atoms with Crippen LogP contribution in [0.25, 0.3) is 0 Å². The van der Waals surface area contributed by atoms with Crippen molar-refractivity contribution in [3.8, 4) is 0 Å². The molecule has 0 saturated heterocycles. The third-order valence-corrected chi connectivity index (χ3v) is 3.01. The third kappa shape index (κ3) is 1.42. The Hall–Kier alpha value is -1.70. The van der Waals surface area contributed by atoms with E-state index in [1.165, 1.54) is 0 Å². The number of Topliss-reactive ketones (excluding diaryl/α,β-unsaturated/α-hetero) is 1. The van der Waals surface area contributed by atoms with Crippen molar-refractivity contribution in [1.82, 2.24) is 0 Å². The number of hydrogen-bond donors (Lipinski definition) is 0. The van der Waals surface area contributed by atoms with Gasteiger partial charge >= 0.3 is 0 Å². The van der Waals surface area contributed by atoms with Crippen LogP contribution in [0.15, 0.2) is 47.6 Å². The molecule has 2 heteroatoms. The lowest BCUT2D eigenvalue weighted by atomic mass is 10.0. The molecule has 1 saturated carbocycles. The van der Waals surface area contributed by atoms with Gasteiger partial charge in [0.1, 0.15) is 0 Å². The standard InChI is InChI=1S/C13H11NO/c15-13(9-4-2-1-3-5-9)12-11-8-10(11)6-7-14-12/h1-7,10-11H,8H2. The van der Waals surface area contributed by atoms with E-state index in [0.717, 1.165) is 17.7 Å². The monoisotopic (exact) mass is 197 g/mol. The van der Waals surface area contributed by atoms with Crippen LogP contribution in [0, 0.1) is 11.8 Å². The van der Waals surface area contributed by atoms with Gasteiger partial charge in [-0.1, -0.05) is 36.4 Å². The van der Waals surface area contributed by atoms with Crippen molar-refractivity contribution in [3.05, 3.63) is 48.2 Å². The molecule has 1 aromatic carbocycles. The van der Waals surface area contributed by atoms with E-state index >= 15 is 0 Å². The maximum absolute atomic E-state index is 12.1. The molecule has 15 heavy (non-hydrogen) atoms. The van der Waals surface area contributed by atoms with Crippen molar-refractivity contribution in [2.24, 2.45) is 16.8 Å². The van der Waals surface area contributed by atoms with Gasteiger partial charge in [-0.2, -0.15) is 0 Å². The SMILES string of the molecule is O=C(C1=NC=CC2CC12)c1ccccc1. The summed E-state index contributed by atoms with van der Waals surface area (Å²) in [7, 11) is 0. The molecule has 0 amide bonds. The zero-order valence-corrected chi connectivity index (χ0v) is 8.26. The Balaban J connectivity index is 1.92. The van der Waals surface area contributed by atoms with Crippen LogP contribution in [0.2, 0.25) is 0 Å². The van der Waals surface area contributed by atoms with Crippen LogP contribution in [0.1, 0.15) is 16.8 Å². The van der Waals surface area contributed by atoms with Gasteiger partial charge in [0, 0.05) is 17.7 Å². The van der Waals surface area contributed by atoms with Crippen LogP contribution in [0.5, 0.6) is 0 Å². The minimum atomic E-state index is 0.0902. The molecule has 1 aliphatic carbocycles. The average Bonchev–Trinajstić information content (AvgIpc) is 3.08. The fourth-order valence-electron chi connectivity index (χ4n) is 2.04. The average molecular weight is 197 g/mol. The second-order valence-electron chi connectivity index (χ2n) is 4.06. The number of fused-ring (bicyclic) bond motifs is 1. The van der Waals surface area contributed by atoms with Crippen LogP contribution >= 0.6 is 0 Å². The number of allylic oxidation sites excluding steroid dienone is 1. The molecule has 1 fully saturated rings. The molecule has 3 rings (SSSR count). The highest BCUT2D eigenvalue weighted by atomic mass is 16.1. The number of nitrogens with zero attached hydrogens (tertiary/aromatic N) is 1. The minimum absolute atomic E-state index is 0.0902. The Morgan fingerprint density at radius 1 is 1.27 bits per heavy atom. The minimum Gasteiger partial charge on any atom is -0.287 e. The van der Waals surface area contributed by atoms with Gasteiger partial charge in [0.05, 0.1) is 5.71 Å². The molecule has 2 atom stereocenters. The van der Waals surface area contributed by atoms with Gasteiger partial charge in [0.25, 0.3) is 0 Å². The van der Waals surface area contributed by atoms with Crippen LogP contribution in [0.4, 0.5) is 0 Å². The van der Waals surface area contributed by atoms with Crippen LogP contribution in [-0.2, 0) is 0 Å². The highest BCUT2D eigenvalue weighted by Gasteiger charge is 2.43. The molecular weight excluding hydrogens is 186 g/mol. The van der Waals surface area contributed by atoms with Crippen molar-refractivity contribution < 1.29 is 4.79 Å². The van der Waals surface area contributed by atoms with Crippen molar-refractivity contribution in [1.29, 1.82) is 0 Å². The molecule has 2 nitrogen and oxygen atoms in total. The lowest BCUT2D eigenvalue weighted by Crippen LogP contribution is -2.18. The Bertz CT molecular complexity index is 459. The first kappa shape index (κ1) is 8.60. The van der Waals surface area contributed by atoms with Crippen molar-refractivity contribution >= 4 is 11.5 Å². The van der Waals surface area contributed by atoms with Crippen LogP contribution < -0.4 is 0 Å². The third-order valence-electron chi connectivity index (χ3n) is 3.01. The number of carbonyl (C=O) groups is 1. The largest absolute Gasteiger partial charge is 0.287 e. The predicted molar refractivity (Wildman–Crippen MR) is 58.9 cm³/mol. The van der Waals surface area contributed by atoms with E-state index in [4.69, 9.17) is 0 Å². The fraction of sp³-hybridized carbons (Fsp3) is 0.231. The van der Waals surface area contributed by atoms with Gasteiger partial charge in [-0.3, -0.25) is 9.79 Å². The number of benzene rings is 1. The Kier molecular flexibility index (Phi) is 1.81. The topological polar surface area (TPSA) is 29.4 Å². The molecule has 74 valence electrons. The molecule has 0 N–H and O–H groups in total. The highest BCUT2D eigenvalue weighted by Crippen LogP contribution is 2.43. The van der Waals surface area contributed by atoms with Crippen molar-refractivity contribution in [3.63, 3.8) is 0 Å². The molecule has 0 aromatic heterocycles. The molecule has 2 aliphatic rings. The number of rotatable bonds is 2. The normalized spacial score (nSPS) is 26.8. The summed E-state index contributed by atoms with van der Waals surface area (Å²) in [5.74, 6) is 1.06. The van der Waals surface area contributed by atoms with Gasteiger partial charge in [0.15, 0.2) is 0 Å². The molecule has 0 spiro atoms. The van der Waals surface area contributed by atoms with Crippen molar-refractivity contribution in [2.75, 3.05) is 0 Å². The Morgan fingerprint density at radius 2 is 2.07 bits per heavy atom. The summed E-state index contributed by atoms with van der Waals surface area (Å²) in [5, 5.41) is 0. The summed E-state index contributed by atoms with van der Waals surface area (Å²) in [4.78, 5) is 16.3. The van der Waals surface area contributed by atoms with Gasteiger partial charge in [-0.25, -0.2) is 0 Å². The molecule has 1 aliphatic heterocycles. The van der Waals surface area contributed by atoms with E-state index in [9.17, 15) is 4.79 Å². The van der Waals surface area contributed by atoms with Crippen LogP contribution in [-0.4, -0.2) is 11.5 Å². The smallest absolute Gasteiger partial charge is 0.207 e. The molecule has 0 bridgehead atoms. The second-order valence-corrected chi connectivity index (χ2v) is 4.06. The van der Waals surface area contributed by atoms with Gasteiger partial charge < -0.3 is 0 Å². The summed E-state index contributed by atoms with van der Waals surface area (Å²) in [6.45, 7) is 0. The first-order valence-electron chi connectivity index (χ1n) is 5.20. The molecular formula is C13H11NO. The second kappa shape index (κ2) is 3.16. The summed E-state index contributed by atoms with van der Waals surface area (Å²) in [6, 6.07) is 9.38. The molecule has 2 unspecified atom stereocenters. The summed E-state index contributed by atoms with van der Waals surface area (Å²) < 4.78 is 0. The van der Waals surface area contributed by atoms with Gasteiger partial charge in [-0.05, 0) is 12.3 Å². The Morgan fingerprint density at radius 3 is 2.87 bits per heavy atom. The number of aliphatic imine (C=N–C) groups is 1. The summed E-state index contributed by atoms with van der Waals surface area (Å²) >= 11 is 0. The van der Waals surface area contributed by atoms with Gasteiger partial charge in [0.2, 0.25) is 5.78 Å². The zero-order chi connectivity index (χ0) is 10.3. The Labute approximate surface area is 88.3 Å². The fourth-order valence-corrected chi connectivity index (χ4v) is 2.04. The number of hydrogen-bond acceptors (Lipinski definition) is 2. The first-order valence-corrected chi connectivity index (χ1v) is 5.20. The number of ketones is 1. The molecule has 1 heterocycles. The quantitative estimate of drug-likeness (QED) is 0.670. The lowest BCUT2D eigenvalue weighted by molar-refractivity contribution is 0.106. The van der Waals surface area contributed by atoms with E-state index < -0.39 is 0 Å². The molecule has 0 radical (unpaired) electrons. The van der Waals surface area contributed by atoms with Crippen LogP contribution in [0.3, 0.4) is 0 Å².